The van der Waals surface area contributed by atoms with Gasteiger partial charge >= 0.3 is 0 Å². The van der Waals surface area contributed by atoms with Gasteiger partial charge in [0.15, 0.2) is 0 Å². The minimum absolute atomic E-state index is 0.0931. The Kier molecular flexibility index (Phi) is 5.77. The van der Waals surface area contributed by atoms with E-state index in [2.05, 4.69) is 36.2 Å². The third-order valence-electron chi connectivity index (χ3n) is 5.12. The SMILES string of the molecule is Cc1cccc(NC(=O)C2CCN(Cc3cccc(Cl)c3)CC2)c1C. The number of carbonyl (C=O) groups excluding carboxylic acids is 1. The van der Waals surface area contributed by atoms with Gasteiger partial charge in [0.1, 0.15) is 0 Å². The fourth-order valence-corrected chi connectivity index (χ4v) is 3.58. The molecule has 3 rings (SSSR count). The van der Waals surface area contributed by atoms with Gasteiger partial charge in [-0.2, -0.15) is 0 Å². The lowest BCUT2D eigenvalue weighted by Gasteiger charge is -2.31. The molecule has 0 bridgehead atoms. The van der Waals surface area contributed by atoms with Crippen LogP contribution in [0.3, 0.4) is 0 Å². The normalized spacial score (nSPS) is 16.0. The van der Waals surface area contributed by atoms with E-state index in [1.165, 1.54) is 11.1 Å². The number of carbonyl (C=O) groups is 1. The highest BCUT2D eigenvalue weighted by molar-refractivity contribution is 6.30. The molecule has 1 saturated heterocycles. The molecule has 1 fully saturated rings. The van der Waals surface area contributed by atoms with Crippen molar-refractivity contribution in [2.75, 3.05) is 18.4 Å². The summed E-state index contributed by atoms with van der Waals surface area (Å²) in [6.45, 7) is 6.90. The molecular formula is C21H25ClN2O. The molecule has 2 aromatic carbocycles. The van der Waals surface area contributed by atoms with Crippen molar-refractivity contribution in [1.82, 2.24) is 4.90 Å². The second-order valence-corrected chi connectivity index (χ2v) is 7.35. The molecule has 0 unspecified atom stereocenters. The maximum absolute atomic E-state index is 12.6. The van der Waals surface area contributed by atoms with E-state index >= 15 is 0 Å². The van der Waals surface area contributed by atoms with Crippen LogP contribution in [0.1, 0.15) is 29.5 Å². The Bertz CT molecular complexity index is 751. The third kappa shape index (κ3) is 4.62. The highest BCUT2D eigenvalue weighted by Gasteiger charge is 2.25. The highest BCUT2D eigenvalue weighted by Crippen LogP contribution is 2.23. The summed E-state index contributed by atoms with van der Waals surface area (Å²) in [4.78, 5) is 15.0. The van der Waals surface area contributed by atoms with Crippen molar-refractivity contribution in [3.05, 3.63) is 64.2 Å². The number of piperidine rings is 1. The summed E-state index contributed by atoms with van der Waals surface area (Å²) in [5, 5.41) is 3.90. The zero-order chi connectivity index (χ0) is 17.8. The fourth-order valence-electron chi connectivity index (χ4n) is 3.37. The van der Waals surface area contributed by atoms with Crippen molar-refractivity contribution in [3.63, 3.8) is 0 Å². The quantitative estimate of drug-likeness (QED) is 0.852. The van der Waals surface area contributed by atoms with E-state index in [1.54, 1.807) is 0 Å². The van der Waals surface area contributed by atoms with Crippen molar-refractivity contribution in [1.29, 1.82) is 0 Å². The van der Waals surface area contributed by atoms with Crippen molar-refractivity contribution >= 4 is 23.2 Å². The van der Waals surface area contributed by atoms with E-state index in [0.717, 1.165) is 48.7 Å². The minimum Gasteiger partial charge on any atom is -0.326 e. The van der Waals surface area contributed by atoms with Crippen LogP contribution < -0.4 is 5.32 Å². The molecule has 1 aliphatic rings. The van der Waals surface area contributed by atoms with E-state index in [9.17, 15) is 4.79 Å². The molecule has 1 amide bonds. The number of amides is 1. The molecule has 4 heteroatoms. The topological polar surface area (TPSA) is 32.3 Å². The fraction of sp³-hybridized carbons (Fsp3) is 0.381. The van der Waals surface area contributed by atoms with Gasteiger partial charge in [-0.05, 0) is 74.7 Å². The van der Waals surface area contributed by atoms with Crippen LogP contribution in [0.2, 0.25) is 5.02 Å². The first kappa shape index (κ1) is 18.0. The van der Waals surface area contributed by atoms with Gasteiger partial charge in [-0.15, -0.1) is 0 Å². The van der Waals surface area contributed by atoms with Crippen molar-refractivity contribution in [2.24, 2.45) is 5.92 Å². The molecule has 0 spiro atoms. The highest BCUT2D eigenvalue weighted by atomic mass is 35.5. The number of hydrogen-bond donors (Lipinski definition) is 1. The van der Waals surface area contributed by atoms with Crippen molar-refractivity contribution in [3.8, 4) is 0 Å². The molecule has 0 aliphatic carbocycles. The minimum atomic E-state index is 0.0931. The van der Waals surface area contributed by atoms with E-state index in [0.29, 0.717) is 0 Å². The number of benzene rings is 2. The lowest BCUT2D eigenvalue weighted by molar-refractivity contribution is -0.121. The molecule has 0 atom stereocenters. The summed E-state index contributed by atoms with van der Waals surface area (Å²) in [6, 6.07) is 14.0. The molecule has 0 aromatic heterocycles. The first-order valence-electron chi connectivity index (χ1n) is 8.87. The molecule has 1 N–H and O–H groups in total. The molecule has 25 heavy (non-hydrogen) atoms. The molecule has 132 valence electrons. The van der Waals surface area contributed by atoms with Gasteiger partial charge < -0.3 is 5.32 Å². The summed E-state index contributed by atoms with van der Waals surface area (Å²) < 4.78 is 0. The standard InChI is InChI=1S/C21H25ClN2O/c1-15-5-3-8-20(16(15)2)23-21(25)18-9-11-24(12-10-18)14-17-6-4-7-19(22)13-17/h3-8,13,18H,9-12,14H2,1-2H3,(H,23,25). The Morgan fingerprint density at radius 2 is 1.88 bits per heavy atom. The molecule has 0 saturated carbocycles. The zero-order valence-electron chi connectivity index (χ0n) is 14.9. The van der Waals surface area contributed by atoms with Gasteiger partial charge in [-0.25, -0.2) is 0 Å². The van der Waals surface area contributed by atoms with Gasteiger partial charge in [-0.1, -0.05) is 35.9 Å². The van der Waals surface area contributed by atoms with Gasteiger partial charge in [0.2, 0.25) is 5.91 Å². The summed E-state index contributed by atoms with van der Waals surface area (Å²) in [5.74, 6) is 0.242. The molecule has 2 aromatic rings. The monoisotopic (exact) mass is 356 g/mol. The summed E-state index contributed by atoms with van der Waals surface area (Å²) in [5.41, 5.74) is 4.51. The Labute approximate surface area is 155 Å². The number of halogens is 1. The van der Waals surface area contributed by atoms with Gasteiger partial charge in [-0.3, -0.25) is 9.69 Å². The Morgan fingerprint density at radius 3 is 2.60 bits per heavy atom. The molecule has 1 heterocycles. The Hall–Kier alpha value is -1.84. The van der Waals surface area contributed by atoms with Crippen LogP contribution in [0.15, 0.2) is 42.5 Å². The third-order valence-corrected chi connectivity index (χ3v) is 5.35. The smallest absolute Gasteiger partial charge is 0.227 e. The number of anilines is 1. The van der Waals surface area contributed by atoms with Crippen LogP contribution in [-0.4, -0.2) is 23.9 Å². The Balaban J connectivity index is 1.53. The van der Waals surface area contributed by atoms with E-state index < -0.39 is 0 Å². The molecule has 3 nitrogen and oxygen atoms in total. The summed E-state index contributed by atoms with van der Waals surface area (Å²) in [6.07, 6.45) is 1.80. The van der Waals surface area contributed by atoms with Crippen LogP contribution in [0.4, 0.5) is 5.69 Å². The van der Waals surface area contributed by atoms with Crippen LogP contribution in [0.5, 0.6) is 0 Å². The lowest BCUT2D eigenvalue weighted by atomic mass is 9.95. The average Bonchev–Trinajstić information content (AvgIpc) is 2.59. The number of likely N-dealkylation sites (tertiary alicyclic amines) is 1. The largest absolute Gasteiger partial charge is 0.326 e. The first-order chi connectivity index (χ1) is 12.0. The van der Waals surface area contributed by atoms with Gasteiger partial charge in [0.05, 0.1) is 0 Å². The lowest BCUT2D eigenvalue weighted by Crippen LogP contribution is -2.37. The van der Waals surface area contributed by atoms with Crippen LogP contribution in [0, 0.1) is 19.8 Å². The first-order valence-corrected chi connectivity index (χ1v) is 9.24. The van der Waals surface area contributed by atoms with Crippen molar-refractivity contribution < 1.29 is 4.79 Å². The van der Waals surface area contributed by atoms with Crippen LogP contribution in [-0.2, 0) is 11.3 Å². The second-order valence-electron chi connectivity index (χ2n) is 6.92. The van der Waals surface area contributed by atoms with E-state index in [1.807, 2.05) is 30.3 Å². The predicted molar refractivity (Wildman–Crippen MR) is 104 cm³/mol. The molecule has 1 aliphatic heterocycles. The number of nitrogens with zero attached hydrogens (tertiary/aromatic N) is 1. The number of hydrogen-bond acceptors (Lipinski definition) is 2. The summed E-state index contributed by atoms with van der Waals surface area (Å²) in [7, 11) is 0. The zero-order valence-corrected chi connectivity index (χ0v) is 15.6. The number of aryl methyl sites for hydroxylation is 1. The average molecular weight is 357 g/mol. The number of nitrogens with one attached hydrogen (secondary N) is 1. The molecular weight excluding hydrogens is 332 g/mol. The summed E-state index contributed by atoms with van der Waals surface area (Å²) >= 11 is 6.06. The number of rotatable bonds is 4. The molecule has 0 radical (unpaired) electrons. The van der Waals surface area contributed by atoms with Gasteiger partial charge in [0, 0.05) is 23.2 Å². The second kappa shape index (κ2) is 8.03. The van der Waals surface area contributed by atoms with Gasteiger partial charge in [0.25, 0.3) is 0 Å². The van der Waals surface area contributed by atoms with E-state index in [4.69, 9.17) is 11.6 Å². The predicted octanol–water partition coefficient (Wildman–Crippen LogP) is 4.81. The van der Waals surface area contributed by atoms with Crippen LogP contribution >= 0.6 is 11.6 Å². The Morgan fingerprint density at radius 1 is 1.16 bits per heavy atom. The van der Waals surface area contributed by atoms with Crippen LogP contribution in [0.25, 0.3) is 0 Å². The van der Waals surface area contributed by atoms with Crippen molar-refractivity contribution in [2.45, 2.75) is 33.2 Å². The maximum Gasteiger partial charge on any atom is 0.227 e. The maximum atomic E-state index is 12.6. The van der Waals surface area contributed by atoms with E-state index in [-0.39, 0.29) is 11.8 Å².